The largest absolute Gasteiger partial charge is 0.497 e. The van der Waals surface area contributed by atoms with Crippen molar-refractivity contribution < 1.29 is 19.1 Å². The third-order valence-electron chi connectivity index (χ3n) is 3.03. The standard InChI is InChI=1S/C17H19NO4S/c1-11(2)18-16(19)15(12-6-8-13(21-3)9-7-12)22-17(20)14-5-4-10-23-14/h4-11,15H,1-3H3,(H,18,19)/t15-/m1/s1. The van der Waals surface area contributed by atoms with Crippen LogP contribution in [0.5, 0.6) is 5.75 Å². The lowest BCUT2D eigenvalue weighted by atomic mass is 10.1. The Labute approximate surface area is 139 Å². The van der Waals surface area contributed by atoms with Gasteiger partial charge in [-0.25, -0.2) is 4.79 Å². The topological polar surface area (TPSA) is 64.6 Å². The minimum atomic E-state index is -1.00. The molecule has 0 unspecified atom stereocenters. The summed E-state index contributed by atoms with van der Waals surface area (Å²) in [5.74, 6) is -0.198. The third-order valence-corrected chi connectivity index (χ3v) is 3.88. The fourth-order valence-electron chi connectivity index (χ4n) is 1.97. The Morgan fingerprint density at radius 1 is 1.13 bits per heavy atom. The van der Waals surface area contributed by atoms with Crippen LogP contribution in [0.1, 0.15) is 35.2 Å². The van der Waals surface area contributed by atoms with Crippen LogP contribution in [0, 0.1) is 0 Å². The molecule has 2 rings (SSSR count). The van der Waals surface area contributed by atoms with Crippen LogP contribution in [0.25, 0.3) is 0 Å². The SMILES string of the molecule is COc1ccc([C@@H](OC(=O)c2cccs2)C(=O)NC(C)C)cc1. The van der Waals surface area contributed by atoms with E-state index in [2.05, 4.69) is 5.32 Å². The van der Waals surface area contributed by atoms with E-state index in [9.17, 15) is 9.59 Å². The van der Waals surface area contributed by atoms with E-state index in [1.54, 1.807) is 48.9 Å². The number of nitrogens with one attached hydrogen (secondary N) is 1. The molecule has 0 saturated heterocycles. The maximum atomic E-state index is 12.4. The number of benzene rings is 1. The number of thiophene rings is 1. The van der Waals surface area contributed by atoms with Gasteiger partial charge in [-0.05, 0) is 37.4 Å². The van der Waals surface area contributed by atoms with Gasteiger partial charge in [0.2, 0.25) is 6.10 Å². The Morgan fingerprint density at radius 3 is 2.35 bits per heavy atom. The first-order valence-electron chi connectivity index (χ1n) is 7.20. The van der Waals surface area contributed by atoms with E-state index in [0.29, 0.717) is 16.2 Å². The first kappa shape index (κ1) is 17.0. The van der Waals surface area contributed by atoms with Gasteiger partial charge in [0.25, 0.3) is 5.91 Å². The number of esters is 1. The first-order chi connectivity index (χ1) is 11.0. The number of hydrogen-bond donors (Lipinski definition) is 1. The van der Waals surface area contributed by atoms with Gasteiger partial charge < -0.3 is 14.8 Å². The van der Waals surface area contributed by atoms with Gasteiger partial charge in [0, 0.05) is 11.6 Å². The van der Waals surface area contributed by atoms with Crippen molar-refractivity contribution in [2.75, 3.05) is 7.11 Å². The van der Waals surface area contributed by atoms with Crippen molar-refractivity contribution in [2.45, 2.75) is 26.0 Å². The second kappa shape index (κ2) is 7.78. The highest BCUT2D eigenvalue weighted by atomic mass is 32.1. The van der Waals surface area contributed by atoms with E-state index in [4.69, 9.17) is 9.47 Å². The summed E-state index contributed by atoms with van der Waals surface area (Å²) in [4.78, 5) is 25.0. The highest BCUT2D eigenvalue weighted by Crippen LogP contribution is 2.23. The third kappa shape index (κ3) is 4.56. The molecule has 0 saturated carbocycles. The number of hydrogen-bond acceptors (Lipinski definition) is 5. The molecule has 0 aliphatic rings. The molecule has 23 heavy (non-hydrogen) atoms. The molecule has 1 N–H and O–H groups in total. The Bertz CT molecular complexity index is 650. The molecule has 1 aromatic heterocycles. The fourth-order valence-corrected chi connectivity index (χ4v) is 2.58. The Kier molecular flexibility index (Phi) is 5.76. The zero-order chi connectivity index (χ0) is 16.8. The molecule has 0 aliphatic heterocycles. The molecule has 1 amide bonds. The summed E-state index contributed by atoms with van der Waals surface area (Å²) in [6, 6.07) is 10.3. The van der Waals surface area contributed by atoms with Crippen molar-refractivity contribution in [3.8, 4) is 5.75 Å². The molecule has 6 heteroatoms. The lowest BCUT2D eigenvalue weighted by Crippen LogP contribution is -2.36. The van der Waals surface area contributed by atoms with Crippen molar-refractivity contribution >= 4 is 23.2 Å². The number of ether oxygens (including phenoxy) is 2. The van der Waals surface area contributed by atoms with Gasteiger partial charge in [0.15, 0.2) is 0 Å². The average Bonchev–Trinajstić information content (AvgIpc) is 3.06. The smallest absolute Gasteiger partial charge is 0.349 e. The quantitative estimate of drug-likeness (QED) is 0.825. The molecular formula is C17H19NO4S. The van der Waals surface area contributed by atoms with Gasteiger partial charge in [-0.3, -0.25) is 4.79 Å². The van der Waals surface area contributed by atoms with Gasteiger partial charge in [-0.15, -0.1) is 11.3 Å². The summed E-state index contributed by atoms with van der Waals surface area (Å²) in [6.07, 6.45) is -1.00. The molecule has 1 heterocycles. The number of carbonyl (C=O) groups excluding carboxylic acids is 2. The number of rotatable bonds is 6. The number of carbonyl (C=O) groups is 2. The second-order valence-electron chi connectivity index (χ2n) is 5.20. The number of methoxy groups -OCH3 is 1. The highest BCUT2D eigenvalue weighted by molar-refractivity contribution is 7.11. The van der Waals surface area contributed by atoms with E-state index in [-0.39, 0.29) is 11.9 Å². The zero-order valence-corrected chi connectivity index (χ0v) is 14.1. The maximum Gasteiger partial charge on any atom is 0.349 e. The molecule has 5 nitrogen and oxygen atoms in total. The lowest BCUT2D eigenvalue weighted by Gasteiger charge is -2.19. The summed E-state index contributed by atoms with van der Waals surface area (Å²) < 4.78 is 10.5. The summed E-state index contributed by atoms with van der Waals surface area (Å²) in [5.41, 5.74) is 0.592. The Hall–Kier alpha value is -2.34. The molecule has 0 aliphatic carbocycles. The van der Waals surface area contributed by atoms with E-state index in [1.807, 2.05) is 13.8 Å². The van der Waals surface area contributed by atoms with Crippen LogP contribution < -0.4 is 10.1 Å². The minimum Gasteiger partial charge on any atom is -0.497 e. The normalized spacial score (nSPS) is 11.8. The second-order valence-corrected chi connectivity index (χ2v) is 6.15. The summed E-state index contributed by atoms with van der Waals surface area (Å²) in [7, 11) is 1.56. The fraction of sp³-hybridized carbons (Fsp3) is 0.294. The van der Waals surface area contributed by atoms with Crippen LogP contribution >= 0.6 is 11.3 Å². The zero-order valence-electron chi connectivity index (χ0n) is 13.2. The molecule has 1 atom stereocenters. The Morgan fingerprint density at radius 2 is 1.83 bits per heavy atom. The van der Waals surface area contributed by atoms with Gasteiger partial charge in [-0.2, -0.15) is 0 Å². The highest BCUT2D eigenvalue weighted by Gasteiger charge is 2.26. The van der Waals surface area contributed by atoms with Crippen LogP contribution in [0.2, 0.25) is 0 Å². The maximum absolute atomic E-state index is 12.4. The summed E-state index contributed by atoms with van der Waals surface area (Å²) in [6.45, 7) is 3.70. The molecule has 1 aromatic carbocycles. The molecule has 0 radical (unpaired) electrons. The first-order valence-corrected chi connectivity index (χ1v) is 8.08. The molecule has 2 aromatic rings. The summed E-state index contributed by atoms with van der Waals surface area (Å²) in [5, 5.41) is 4.56. The molecule has 0 bridgehead atoms. The van der Waals surface area contributed by atoms with Crippen molar-refractivity contribution in [2.24, 2.45) is 0 Å². The van der Waals surface area contributed by atoms with Gasteiger partial charge in [-0.1, -0.05) is 18.2 Å². The predicted octanol–water partition coefficient (Wildman–Crippen LogP) is 3.18. The predicted molar refractivity (Wildman–Crippen MR) is 88.7 cm³/mol. The Balaban J connectivity index is 2.23. The number of amides is 1. The van der Waals surface area contributed by atoms with Gasteiger partial charge >= 0.3 is 5.97 Å². The van der Waals surface area contributed by atoms with Crippen LogP contribution in [0.15, 0.2) is 41.8 Å². The van der Waals surface area contributed by atoms with E-state index < -0.39 is 12.1 Å². The van der Waals surface area contributed by atoms with E-state index in [1.165, 1.54) is 11.3 Å². The molecule has 0 fully saturated rings. The van der Waals surface area contributed by atoms with Crippen LogP contribution in [0.4, 0.5) is 0 Å². The van der Waals surface area contributed by atoms with Crippen molar-refractivity contribution in [1.82, 2.24) is 5.32 Å². The lowest BCUT2D eigenvalue weighted by molar-refractivity contribution is -0.130. The molecule has 122 valence electrons. The molecular weight excluding hydrogens is 314 g/mol. The van der Waals surface area contributed by atoms with Crippen molar-refractivity contribution in [3.05, 3.63) is 52.2 Å². The van der Waals surface area contributed by atoms with Crippen LogP contribution in [-0.4, -0.2) is 25.0 Å². The van der Waals surface area contributed by atoms with Crippen molar-refractivity contribution in [1.29, 1.82) is 0 Å². The summed E-state index contributed by atoms with van der Waals surface area (Å²) >= 11 is 1.27. The van der Waals surface area contributed by atoms with Crippen LogP contribution in [-0.2, 0) is 9.53 Å². The average molecular weight is 333 g/mol. The van der Waals surface area contributed by atoms with Crippen molar-refractivity contribution in [3.63, 3.8) is 0 Å². The monoisotopic (exact) mass is 333 g/mol. The molecule has 0 spiro atoms. The van der Waals surface area contributed by atoms with Gasteiger partial charge in [0.05, 0.1) is 7.11 Å². The van der Waals surface area contributed by atoms with Gasteiger partial charge in [0.1, 0.15) is 10.6 Å². The van der Waals surface area contributed by atoms with E-state index in [0.717, 1.165) is 0 Å². The minimum absolute atomic E-state index is 0.0521. The van der Waals surface area contributed by atoms with Crippen LogP contribution in [0.3, 0.4) is 0 Å². The van der Waals surface area contributed by atoms with E-state index >= 15 is 0 Å².